The van der Waals surface area contributed by atoms with Gasteiger partial charge in [0.05, 0.1) is 17.2 Å². The van der Waals surface area contributed by atoms with Crippen molar-refractivity contribution in [2.45, 2.75) is 38.0 Å². The Hall–Kier alpha value is -2.63. The summed E-state index contributed by atoms with van der Waals surface area (Å²) in [5.41, 5.74) is 2.50. The van der Waals surface area contributed by atoms with Crippen molar-refractivity contribution in [2.75, 3.05) is 7.05 Å². The molecule has 3 aromatic rings. The van der Waals surface area contributed by atoms with Gasteiger partial charge in [-0.25, -0.2) is 4.98 Å². The smallest absolute Gasteiger partial charge is 0.274 e. The standard InChI is InChI=1S/C18H20N4O2/c1-19-17(23)12-7-8-13-14(9-12)22-15(18(24)21-13)10-20-16(22)11-5-3-2-4-6-11/h7-11H,2-6H2,1H3,(H,19,23)(H,21,24). The van der Waals surface area contributed by atoms with Crippen molar-refractivity contribution in [1.29, 1.82) is 0 Å². The normalized spacial score (nSPS) is 15.9. The second-order valence-electron chi connectivity index (χ2n) is 6.44. The summed E-state index contributed by atoms with van der Waals surface area (Å²) in [4.78, 5) is 31.8. The summed E-state index contributed by atoms with van der Waals surface area (Å²) >= 11 is 0. The van der Waals surface area contributed by atoms with Gasteiger partial charge in [-0.1, -0.05) is 19.3 Å². The predicted molar refractivity (Wildman–Crippen MR) is 92.5 cm³/mol. The lowest BCUT2D eigenvalue weighted by Crippen LogP contribution is -2.18. The molecule has 1 amide bonds. The van der Waals surface area contributed by atoms with Gasteiger partial charge >= 0.3 is 0 Å². The molecule has 6 nitrogen and oxygen atoms in total. The van der Waals surface area contributed by atoms with Crippen LogP contribution in [0, 0.1) is 0 Å². The maximum atomic E-state index is 12.4. The predicted octanol–water partition coefficient (Wildman–Crippen LogP) is 2.58. The maximum absolute atomic E-state index is 12.4. The first-order valence-corrected chi connectivity index (χ1v) is 8.44. The molecule has 2 aromatic heterocycles. The lowest BCUT2D eigenvalue weighted by Gasteiger charge is -2.21. The Morgan fingerprint density at radius 1 is 1.25 bits per heavy atom. The second-order valence-corrected chi connectivity index (χ2v) is 6.44. The topological polar surface area (TPSA) is 79.3 Å². The number of H-pyrrole nitrogens is 1. The number of hydrogen-bond acceptors (Lipinski definition) is 3. The fourth-order valence-corrected chi connectivity index (χ4v) is 3.72. The molecule has 2 N–H and O–H groups in total. The minimum atomic E-state index is -0.148. The van der Waals surface area contributed by atoms with E-state index in [1.807, 2.05) is 10.5 Å². The number of carbonyl (C=O) groups is 1. The first-order valence-electron chi connectivity index (χ1n) is 8.44. The number of aromatic nitrogens is 3. The number of rotatable bonds is 2. The summed E-state index contributed by atoms with van der Waals surface area (Å²) < 4.78 is 1.94. The van der Waals surface area contributed by atoms with Gasteiger partial charge in [-0.15, -0.1) is 0 Å². The molecule has 1 aromatic carbocycles. The van der Waals surface area contributed by atoms with Crippen molar-refractivity contribution in [2.24, 2.45) is 0 Å². The minimum Gasteiger partial charge on any atom is -0.355 e. The van der Waals surface area contributed by atoms with Gasteiger partial charge in [0.1, 0.15) is 11.3 Å². The molecule has 0 unspecified atom stereocenters. The van der Waals surface area contributed by atoms with Gasteiger partial charge in [-0.05, 0) is 31.0 Å². The van der Waals surface area contributed by atoms with Gasteiger partial charge in [-0.3, -0.25) is 14.0 Å². The minimum absolute atomic E-state index is 0.143. The van der Waals surface area contributed by atoms with Crippen LogP contribution in [0.2, 0.25) is 0 Å². The zero-order valence-electron chi connectivity index (χ0n) is 13.6. The Balaban J connectivity index is 2.00. The summed E-state index contributed by atoms with van der Waals surface area (Å²) in [6.07, 6.45) is 7.51. The Bertz CT molecular complexity index is 980. The number of nitrogens with zero attached hydrogens (tertiary/aromatic N) is 2. The number of imidazole rings is 1. The van der Waals surface area contributed by atoms with Gasteiger partial charge in [0.25, 0.3) is 11.5 Å². The third-order valence-corrected chi connectivity index (χ3v) is 4.97. The summed E-state index contributed by atoms with van der Waals surface area (Å²) in [6.45, 7) is 0. The van der Waals surface area contributed by atoms with E-state index in [0.717, 1.165) is 29.7 Å². The van der Waals surface area contributed by atoms with E-state index in [2.05, 4.69) is 15.3 Å². The van der Waals surface area contributed by atoms with Crippen molar-refractivity contribution in [3.05, 3.63) is 46.1 Å². The van der Waals surface area contributed by atoms with Crippen LogP contribution in [0.4, 0.5) is 0 Å². The number of benzene rings is 1. The van der Waals surface area contributed by atoms with Gasteiger partial charge in [-0.2, -0.15) is 0 Å². The highest BCUT2D eigenvalue weighted by molar-refractivity contribution is 5.97. The van der Waals surface area contributed by atoms with E-state index in [-0.39, 0.29) is 11.5 Å². The number of nitrogens with one attached hydrogen (secondary N) is 2. The molecule has 24 heavy (non-hydrogen) atoms. The van der Waals surface area contributed by atoms with Crippen LogP contribution in [0.15, 0.2) is 29.2 Å². The van der Waals surface area contributed by atoms with E-state index >= 15 is 0 Å². The second kappa shape index (κ2) is 5.78. The number of hydrogen-bond donors (Lipinski definition) is 2. The zero-order chi connectivity index (χ0) is 16.7. The molecule has 1 saturated carbocycles. The van der Waals surface area contributed by atoms with Crippen LogP contribution in [-0.2, 0) is 0 Å². The monoisotopic (exact) mass is 324 g/mol. The lowest BCUT2D eigenvalue weighted by molar-refractivity contribution is 0.0963. The Morgan fingerprint density at radius 3 is 2.79 bits per heavy atom. The molecule has 1 fully saturated rings. The highest BCUT2D eigenvalue weighted by Crippen LogP contribution is 2.32. The van der Waals surface area contributed by atoms with E-state index in [9.17, 15) is 9.59 Å². The molecule has 2 heterocycles. The van der Waals surface area contributed by atoms with Crippen molar-refractivity contribution < 1.29 is 4.79 Å². The number of carbonyl (C=O) groups excluding carboxylic acids is 1. The third kappa shape index (κ3) is 2.29. The van der Waals surface area contributed by atoms with Crippen LogP contribution < -0.4 is 10.9 Å². The van der Waals surface area contributed by atoms with Crippen LogP contribution >= 0.6 is 0 Å². The van der Waals surface area contributed by atoms with E-state index in [0.29, 0.717) is 17.0 Å². The molecule has 0 radical (unpaired) electrons. The summed E-state index contributed by atoms with van der Waals surface area (Å²) in [5.74, 6) is 1.17. The van der Waals surface area contributed by atoms with E-state index in [1.54, 1.807) is 25.4 Å². The summed E-state index contributed by atoms with van der Waals surface area (Å²) in [6, 6.07) is 5.33. The van der Waals surface area contributed by atoms with Gasteiger partial charge < -0.3 is 10.3 Å². The molecule has 0 bridgehead atoms. The molecule has 0 aliphatic heterocycles. The summed E-state index contributed by atoms with van der Waals surface area (Å²) in [5, 5.41) is 2.64. The van der Waals surface area contributed by atoms with Crippen LogP contribution in [-0.4, -0.2) is 27.3 Å². The fourth-order valence-electron chi connectivity index (χ4n) is 3.72. The maximum Gasteiger partial charge on any atom is 0.274 e. The first kappa shape index (κ1) is 14.9. The van der Waals surface area contributed by atoms with Gasteiger partial charge in [0, 0.05) is 18.5 Å². The Kier molecular flexibility index (Phi) is 3.59. The number of amides is 1. The molecular formula is C18H20N4O2. The average molecular weight is 324 g/mol. The van der Waals surface area contributed by atoms with Crippen LogP contribution in [0.5, 0.6) is 0 Å². The van der Waals surface area contributed by atoms with Gasteiger partial charge in [0.15, 0.2) is 0 Å². The SMILES string of the molecule is CNC(=O)c1ccc2[nH]c(=O)c3cnc(C4CCCCC4)n3c2c1. The average Bonchev–Trinajstić information content (AvgIpc) is 3.08. The van der Waals surface area contributed by atoms with Crippen molar-refractivity contribution in [3.63, 3.8) is 0 Å². The molecule has 1 aliphatic rings. The van der Waals surface area contributed by atoms with Crippen molar-refractivity contribution >= 4 is 22.5 Å². The molecule has 0 saturated heterocycles. The number of aromatic amines is 1. The molecule has 6 heteroatoms. The van der Waals surface area contributed by atoms with E-state index < -0.39 is 0 Å². The molecule has 0 atom stereocenters. The van der Waals surface area contributed by atoms with E-state index in [4.69, 9.17) is 0 Å². The molecule has 0 spiro atoms. The van der Waals surface area contributed by atoms with Crippen molar-refractivity contribution in [3.8, 4) is 0 Å². The highest BCUT2D eigenvalue weighted by Gasteiger charge is 2.22. The third-order valence-electron chi connectivity index (χ3n) is 4.97. The van der Waals surface area contributed by atoms with Crippen LogP contribution in [0.1, 0.15) is 54.2 Å². The van der Waals surface area contributed by atoms with Crippen LogP contribution in [0.25, 0.3) is 16.6 Å². The molecule has 124 valence electrons. The lowest BCUT2D eigenvalue weighted by atomic mass is 9.88. The van der Waals surface area contributed by atoms with Crippen LogP contribution in [0.3, 0.4) is 0 Å². The number of fused-ring (bicyclic) bond motifs is 3. The first-order chi connectivity index (χ1) is 11.7. The van der Waals surface area contributed by atoms with Crippen molar-refractivity contribution in [1.82, 2.24) is 19.7 Å². The van der Waals surface area contributed by atoms with E-state index in [1.165, 1.54) is 19.3 Å². The van der Waals surface area contributed by atoms with Gasteiger partial charge in [0.2, 0.25) is 0 Å². The largest absolute Gasteiger partial charge is 0.355 e. The zero-order valence-corrected chi connectivity index (χ0v) is 13.6. The molecule has 4 rings (SSSR count). The summed E-state index contributed by atoms with van der Waals surface area (Å²) in [7, 11) is 1.61. The highest BCUT2D eigenvalue weighted by atomic mass is 16.1. The Morgan fingerprint density at radius 2 is 2.04 bits per heavy atom. The quantitative estimate of drug-likeness (QED) is 0.760. The Labute approximate surface area is 138 Å². The molecule has 1 aliphatic carbocycles. The molecular weight excluding hydrogens is 304 g/mol. The fraction of sp³-hybridized carbons (Fsp3) is 0.389.